The van der Waals surface area contributed by atoms with Crippen LogP contribution in [0.4, 0.5) is 8.78 Å². The number of carbonyl (C=O) groups is 1. The van der Waals surface area contributed by atoms with E-state index in [1.807, 2.05) is 4.90 Å². The molecule has 0 N–H and O–H groups in total. The fraction of sp³-hybridized carbons (Fsp3) is 0.611. The third kappa shape index (κ3) is 3.75. The molecule has 4 nitrogen and oxygen atoms in total. The highest BCUT2D eigenvalue weighted by Crippen LogP contribution is 2.25. The van der Waals surface area contributed by atoms with E-state index in [1.54, 1.807) is 13.0 Å². The zero-order chi connectivity index (χ0) is 17.3. The van der Waals surface area contributed by atoms with Gasteiger partial charge in [-0.3, -0.25) is 14.6 Å². The molecule has 2 aliphatic rings. The Bertz CT molecular complexity index is 602. The van der Waals surface area contributed by atoms with Crippen molar-refractivity contribution in [2.24, 2.45) is 5.92 Å². The van der Waals surface area contributed by atoms with Gasteiger partial charge in [0.2, 0.25) is 5.91 Å². The molecule has 24 heavy (non-hydrogen) atoms. The van der Waals surface area contributed by atoms with Crippen LogP contribution >= 0.6 is 0 Å². The Balaban J connectivity index is 1.56. The number of piperazine rings is 1. The van der Waals surface area contributed by atoms with Crippen LogP contribution < -0.4 is 0 Å². The molecule has 6 heteroatoms. The van der Waals surface area contributed by atoms with Crippen LogP contribution in [0.25, 0.3) is 0 Å². The van der Waals surface area contributed by atoms with E-state index in [0.717, 1.165) is 44.8 Å². The Kier molecular flexibility index (Phi) is 5.15. The Morgan fingerprint density at radius 2 is 1.83 bits per heavy atom. The van der Waals surface area contributed by atoms with Crippen molar-refractivity contribution >= 4 is 5.91 Å². The van der Waals surface area contributed by atoms with Crippen LogP contribution in [0.3, 0.4) is 0 Å². The van der Waals surface area contributed by atoms with Gasteiger partial charge in [-0.15, -0.1) is 0 Å². The average molecular weight is 337 g/mol. The molecule has 0 radical (unpaired) electrons. The molecule has 1 aromatic carbocycles. The third-order valence-electron chi connectivity index (χ3n) is 5.27. The van der Waals surface area contributed by atoms with E-state index in [-0.39, 0.29) is 5.91 Å². The maximum absolute atomic E-state index is 13.4. The van der Waals surface area contributed by atoms with E-state index in [0.29, 0.717) is 18.5 Å². The lowest BCUT2D eigenvalue weighted by molar-refractivity contribution is -0.130. The van der Waals surface area contributed by atoms with Gasteiger partial charge in [0.05, 0.1) is 0 Å². The van der Waals surface area contributed by atoms with Crippen molar-refractivity contribution in [2.45, 2.75) is 26.4 Å². The van der Waals surface area contributed by atoms with Gasteiger partial charge in [-0.1, -0.05) is 13.0 Å². The molecule has 0 bridgehead atoms. The predicted octanol–water partition coefficient (Wildman–Crippen LogP) is 1.95. The van der Waals surface area contributed by atoms with Gasteiger partial charge in [0, 0.05) is 58.8 Å². The second kappa shape index (κ2) is 7.15. The monoisotopic (exact) mass is 337 g/mol. The first kappa shape index (κ1) is 17.3. The summed E-state index contributed by atoms with van der Waals surface area (Å²) in [5, 5.41) is 0. The molecule has 2 heterocycles. The van der Waals surface area contributed by atoms with E-state index in [1.165, 1.54) is 12.1 Å². The van der Waals surface area contributed by atoms with Crippen LogP contribution in [0.15, 0.2) is 18.2 Å². The van der Waals surface area contributed by atoms with Gasteiger partial charge in [0.25, 0.3) is 0 Å². The minimum Gasteiger partial charge on any atom is -0.340 e. The summed E-state index contributed by atoms with van der Waals surface area (Å²) in [6.07, 6.45) is 0. The Hall–Kier alpha value is -1.53. The van der Waals surface area contributed by atoms with Gasteiger partial charge < -0.3 is 4.90 Å². The number of hydrogen-bond donors (Lipinski definition) is 0. The van der Waals surface area contributed by atoms with Crippen LogP contribution in [0.2, 0.25) is 0 Å². The molecule has 0 unspecified atom stereocenters. The quantitative estimate of drug-likeness (QED) is 0.843. The second-order valence-corrected chi connectivity index (χ2v) is 7.03. The van der Waals surface area contributed by atoms with Crippen molar-refractivity contribution < 1.29 is 13.6 Å². The Labute approximate surface area is 142 Å². The van der Waals surface area contributed by atoms with Crippen LogP contribution in [-0.4, -0.2) is 65.9 Å². The standard InChI is InChI=1S/C18H25F2N3O/c1-13-10-21(11-15-3-4-16(19)17(20)9-15)12-18(13)23-7-5-22(6-8-23)14(2)24/h3-4,9,13,18H,5-8,10-12H2,1-2H3/t13-,18-/m1/s1. The number of halogens is 2. The SMILES string of the molecule is CC(=O)N1CCN([C@@H]2CN(Cc3ccc(F)c(F)c3)C[C@H]2C)CC1. The highest BCUT2D eigenvalue weighted by atomic mass is 19.2. The van der Waals surface area contributed by atoms with E-state index in [2.05, 4.69) is 16.7 Å². The summed E-state index contributed by atoms with van der Waals surface area (Å²) >= 11 is 0. The van der Waals surface area contributed by atoms with Crippen molar-refractivity contribution in [1.82, 2.24) is 14.7 Å². The molecule has 3 rings (SSSR count). The summed E-state index contributed by atoms with van der Waals surface area (Å²) < 4.78 is 26.4. The van der Waals surface area contributed by atoms with E-state index in [4.69, 9.17) is 0 Å². The van der Waals surface area contributed by atoms with Gasteiger partial charge >= 0.3 is 0 Å². The van der Waals surface area contributed by atoms with Crippen molar-refractivity contribution in [2.75, 3.05) is 39.3 Å². The third-order valence-corrected chi connectivity index (χ3v) is 5.27. The summed E-state index contributed by atoms with van der Waals surface area (Å²) in [5.74, 6) is -0.903. The number of nitrogens with zero attached hydrogens (tertiary/aromatic N) is 3. The second-order valence-electron chi connectivity index (χ2n) is 7.03. The average Bonchev–Trinajstić information content (AvgIpc) is 2.91. The van der Waals surface area contributed by atoms with Crippen molar-refractivity contribution in [3.63, 3.8) is 0 Å². The molecule has 0 aliphatic carbocycles. The number of hydrogen-bond acceptors (Lipinski definition) is 3. The van der Waals surface area contributed by atoms with Gasteiger partial charge in [-0.05, 0) is 23.6 Å². The molecular formula is C18H25F2N3O. The van der Waals surface area contributed by atoms with Crippen molar-refractivity contribution in [3.05, 3.63) is 35.4 Å². The Morgan fingerprint density at radius 1 is 1.12 bits per heavy atom. The smallest absolute Gasteiger partial charge is 0.219 e. The molecule has 132 valence electrons. The molecule has 1 amide bonds. The highest BCUT2D eigenvalue weighted by Gasteiger charge is 2.35. The molecule has 2 saturated heterocycles. The van der Waals surface area contributed by atoms with Crippen LogP contribution in [0, 0.1) is 17.6 Å². The van der Waals surface area contributed by atoms with Crippen molar-refractivity contribution in [3.8, 4) is 0 Å². The maximum atomic E-state index is 13.4. The Morgan fingerprint density at radius 3 is 2.46 bits per heavy atom. The van der Waals surface area contributed by atoms with E-state index in [9.17, 15) is 13.6 Å². The summed E-state index contributed by atoms with van der Waals surface area (Å²) in [6, 6.07) is 4.60. The van der Waals surface area contributed by atoms with E-state index < -0.39 is 11.6 Å². The lowest BCUT2D eigenvalue weighted by Crippen LogP contribution is -2.53. The molecule has 1 aromatic rings. The number of rotatable bonds is 3. The summed E-state index contributed by atoms with van der Waals surface area (Å²) in [5.41, 5.74) is 0.808. The summed E-state index contributed by atoms with van der Waals surface area (Å²) in [6.45, 7) is 9.80. The lowest BCUT2D eigenvalue weighted by Gasteiger charge is -2.39. The zero-order valence-electron chi connectivity index (χ0n) is 14.3. The number of benzene rings is 1. The molecule has 0 spiro atoms. The van der Waals surface area contributed by atoms with Crippen LogP contribution in [0.1, 0.15) is 19.4 Å². The molecule has 2 aliphatic heterocycles. The predicted molar refractivity (Wildman–Crippen MR) is 88.4 cm³/mol. The molecule has 0 aromatic heterocycles. The minimum absolute atomic E-state index is 0.147. The number of carbonyl (C=O) groups excluding carboxylic acids is 1. The largest absolute Gasteiger partial charge is 0.340 e. The van der Waals surface area contributed by atoms with Crippen LogP contribution in [0.5, 0.6) is 0 Å². The van der Waals surface area contributed by atoms with E-state index >= 15 is 0 Å². The van der Waals surface area contributed by atoms with Gasteiger partial charge in [0.15, 0.2) is 11.6 Å². The topological polar surface area (TPSA) is 26.8 Å². The molecule has 2 fully saturated rings. The molecule has 2 atom stereocenters. The van der Waals surface area contributed by atoms with Crippen molar-refractivity contribution in [1.29, 1.82) is 0 Å². The lowest BCUT2D eigenvalue weighted by atomic mass is 10.0. The highest BCUT2D eigenvalue weighted by molar-refractivity contribution is 5.73. The van der Waals surface area contributed by atoms with Gasteiger partial charge in [0.1, 0.15) is 0 Å². The summed E-state index contributed by atoms with van der Waals surface area (Å²) in [4.78, 5) is 18.1. The van der Waals surface area contributed by atoms with Crippen LogP contribution in [-0.2, 0) is 11.3 Å². The maximum Gasteiger partial charge on any atom is 0.219 e. The first-order valence-electron chi connectivity index (χ1n) is 8.60. The zero-order valence-corrected chi connectivity index (χ0v) is 14.3. The number of amides is 1. The first-order chi connectivity index (χ1) is 11.4. The first-order valence-corrected chi connectivity index (χ1v) is 8.60. The van der Waals surface area contributed by atoms with Gasteiger partial charge in [-0.25, -0.2) is 8.78 Å². The normalized spacial score (nSPS) is 26.1. The van der Waals surface area contributed by atoms with Gasteiger partial charge in [-0.2, -0.15) is 0 Å². The molecular weight excluding hydrogens is 312 g/mol. The minimum atomic E-state index is -0.797. The summed E-state index contributed by atoms with van der Waals surface area (Å²) in [7, 11) is 0. The number of likely N-dealkylation sites (tertiary alicyclic amines) is 1. The fourth-order valence-corrected chi connectivity index (χ4v) is 3.92. The molecule has 0 saturated carbocycles. The fourth-order valence-electron chi connectivity index (χ4n) is 3.92.